The van der Waals surface area contributed by atoms with E-state index in [0.29, 0.717) is 19.6 Å². The van der Waals surface area contributed by atoms with E-state index in [4.69, 9.17) is 5.73 Å². The van der Waals surface area contributed by atoms with Gasteiger partial charge < -0.3 is 15.5 Å². The quantitative estimate of drug-likeness (QED) is 0.793. The van der Waals surface area contributed by atoms with Gasteiger partial charge in [-0.3, -0.25) is 9.48 Å². The highest BCUT2D eigenvalue weighted by molar-refractivity contribution is 5.87. The number of anilines is 1. The van der Waals surface area contributed by atoms with Crippen molar-refractivity contribution in [2.75, 3.05) is 37.6 Å². The Bertz CT molecular complexity index is 747. The predicted octanol–water partition coefficient (Wildman–Crippen LogP) is 1.62. The summed E-state index contributed by atoms with van der Waals surface area (Å²) < 4.78 is 1.75. The molecule has 1 aliphatic rings. The van der Waals surface area contributed by atoms with Crippen LogP contribution in [0.15, 0.2) is 12.5 Å². The van der Waals surface area contributed by atoms with Gasteiger partial charge in [-0.15, -0.1) is 24.8 Å². The molecule has 0 aliphatic carbocycles. The van der Waals surface area contributed by atoms with Crippen molar-refractivity contribution in [3.8, 4) is 0 Å². The molecule has 27 heavy (non-hydrogen) atoms. The molecule has 1 amide bonds. The van der Waals surface area contributed by atoms with Crippen molar-refractivity contribution in [3.05, 3.63) is 12.5 Å². The Hall–Kier alpha value is -1.64. The van der Waals surface area contributed by atoms with Gasteiger partial charge in [0.2, 0.25) is 5.91 Å². The van der Waals surface area contributed by atoms with E-state index < -0.39 is 5.41 Å². The van der Waals surface area contributed by atoms with Gasteiger partial charge in [-0.25, -0.2) is 9.97 Å². The van der Waals surface area contributed by atoms with E-state index in [1.165, 1.54) is 0 Å². The summed E-state index contributed by atoms with van der Waals surface area (Å²) in [6, 6.07) is 0. The Morgan fingerprint density at radius 2 is 1.78 bits per heavy atom. The van der Waals surface area contributed by atoms with Crippen LogP contribution in [0.3, 0.4) is 0 Å². The molecule has 1 saturated heterocycles. The number of halogens is 2. The van der Waals surface area contributed by atoms with Crippen LogP contribution in [0.5, 0.6) is 0 Å². The summed E-state index contributed by atoms with van der Waals surface area (Å²) in [6.45, 7) is 7.37. The van der Waals surface area contributed by atoms with Crippen molar-refractivity contribution < 1.29 is 4.79 Å². The van der Waals surface area contributed by atoms with Gasteiger partial charge >= 0.3 is 0 Å². The average molecular weight is 418 g/mol. The van der Waals surface area contributed by atoms with E-state index in [1.807, 2.05) is 25.8 Å². The summed E-state index contributed by atoms with van der Waals surface area (Å²) in [7, 11) is 1.87. The summed E-state index contributed by atoms with van der Waals surface area (Å²) in [4.78, 5) is 25.9. The van der Waals surface area contributed by atoms with Crippen molar-refractivity contribution >= 4 is 47.6 Å². The second kappa shape index (κ2) is 9.52. The van der Waals surface area contributed by atoms with E-state index >= 15 is 0 Å². The van der Waals surface area contributed by atoms with Crippen LogP contribution in [-0.2, 0) is 11.8 Å². The van der Waals surface area contributed by atoms with Crippen molar-refractivity contribution in [1.29, 1.82) is 0 Å². The molecule has 10 heteroatoms. The zero-order chi connectivity index (χ0) is 18.0. The van der Waals surface area contributed by atoms with Gasteiger partial charge in [0, 0.05) is 39.8 Å². The fourth-order valence-electron chi connectivity index (χ4n) is 3.59. The summed E-state index contributed by atoms with van der Waals surface area (Å²) in [5, 5.41) is 5.22. The lowest BCUT2D eigenvalue weighted by Crippen LogP contribution is -2.55. The minimum atomic E-state index is -0.423. The second-order valence-electron chi connectivity index (χ2n) is 6.67. The summed E-state index contributed by atoms with van der Waals surface area (Å²) in [5.74, 6) is 1.08. The lowest BCUT2D eigenvalue weighted by atomic mass is 9.81. The number of aromatic nitrogens is 4. The maximum atomic E-state index is 13.0. The summed E-state index contributed by atoms with van der Waals surface area (Å²) in [5.41, 5.74) is 6.33. The maximum Gasteiger partial charge on any atom is 0.230 e. The lowest BCUT2D eigenvalue weighted by molar-refractivity contribution is -0.142. The number of fused-ring (bicyclic) bond motifs is 1. The molecule has 3 heterocycles. The number of carbonyl (C=O) groups is 1. The molecule has 0 spiro atoms. The van der Waals surface area contributed by atoms with Crippen LogP contribution in [-0.4, -0.2) is 63.3 Å². The Kier molecular flexibility index (Phi) is 8.25. The summed E-state index contributed by atoms with van der Waals surface area (Å²) >= 11 is 0. The van der Waals surface area contributed by atoms with Crippen molar-refractivity contribution in [2.24, 2.45) is 18.2 Å². The molecule has 0 saturated carbocycles. The topological polar surface area (TPSA) is 93.2 Å². The molecule has 0 atom stereocenters. The van der Waals surface area contributed by atoms with Crippen LogP contribution >= 0.6 is 24.8 Å². The first kappa shape index (κ1) is 23.4. The normalized spacial score (nSPS) is 14.7. The zero-order valence-electron chi connectivity index (χ0n) is 16.1. The minimum Gasteiger partial charge on any atom is -0.352 e. The molecule has 2 N–H and O–H groups in total. The third kappa shape index (κ3) is 4.12. The second-order valence-corrected chi connectivity index (χ2v) is 6.67. The van der Waals surface area contributed by atoms with Crippen molar-refractivity contribution in [1.82, 2.24) is 24.6 Å². The number of amides is 1. The molecule has 0 radical (unpaired) electrons. The molecule has 2 aromatic heterocycles. The Labute approximate surface area is 172 Å². The van der Waals surface area contributed by atoms with Crippen LogP contribution in [0.2, 0.25) is 0 Å². The molecule has 8 nitrogen and oxygen atoms in total. The molecule has 3 rings (SSSR count). The van der Waals surface area contributed by atoms with Crippen LogP contribution in [0.1, 0.15) is 26.7 Å². The van der Waals surface area contributed by atoms with Crippen LogP contribution in [0, 0.1) is 5.41 Å². The Morgan fingerprint density at radius 1 is 1.15 bits per heavy atom. The highest BCUT2D eigenvalue weighted by Crippen LogP contribution is 2.29. The van der Waals surface area contributed by atoms with E-state index in [0.717, 1.165) is 42.8 Å². The standard InChI is InChI=1S/C17H27N7O.2ClH/c1-4-17(5-2,11-18)16(25)24-8-6-23(7-9-24)15-13-10-21-22(3)14(13)19-12-20-15;;/h10,12H,4-9,11,18H2,1-3H3;2*1H. The lowest BCUT2D eigenvalue weighted by Gasteiger charge is -2.40. The van der Waals surface area contributed by atoms with Crippen molar-refractivity contribution in [3.63, 3.8) is 0 Å². The first-order valence-corrected chi connectivity index (χ1v) is 8.93. The highest BCUT2D eigenvalue weighted by Gasteiger charge is 2.38. The van der Waals surface area contributed by atoms with Gasteiger partial charge in [0.05, 0.1) is 17.0 Å². The van der Waals surface area contributed by atoms with E-state index in [1.54, 1.807) is 17.2 Å². The zero-order valence-corrected chi connectivity index (χ0v) is 17.7. The molecule has 0 bridgehead atoms. The summed E-state index contributed by atoms with van der Waals surface area (Å²) in [6.07, 6.45) is 4.93. The van der Waals surface area contributed by atoms with Gasteiger partial charge in [-0.2, -0.15) is 5.10 Å². The highest BCUT2D eigenvalue weighted by atomic mass is 35.5. The third-order valence-corrected chi connectivity index (χ3v) is 5.57. The van der Waals surface area contributed by atoms with Crippen LogP contribution in [0.25, 0.3) is 11.0 Å². The number of nitrogens with zero attached hydrogens (tertiary/aromatic N) is 6. The molecule has 1 fully saturated rings. The molecular formula is C17H29Cl2N7O. The molecule has 0 aromatic carbocycles. The minimum absolute atomic E-state index is 0. The molecule has 1 aliphatic heterocycles. The predicted molar refractivity (Wildman–Crippen MR) is 112 cm³/mol. The van der Waals surface area contributed by atoms with Gasteiger partial charge in [-0.05, 0) is 12.8 Å². The fourth-order valence-corrected chi connectivity index (χ4v) is 3.59. The number of carbonyl (C=O) groups excluding carboxylic acids is 1. The maximum absolute atomic E-state index is 13.0. The smallest absolute Gasteiger partial charge is 0.230 e. The van der Waals surface area contributed by atoms with Gasteiger partial charge in [-0.1, -0.05) is 13.8 Å². The van der Waals surface area contributed by atoms with Crippen molar-refractivity contribution in [2.45, 2.75) is 26.7 Å². The van der Waals surface area contributed by atoms with E-state index in [9.17, 15) is 4.79 Å². The number of piperazine rings is 1. The molecule has 152 valence electrons. The fraction of sp³-hybridized carbons (Fsp3) is 0.647. The molecule has 2 aromatic rings. The number of nitrogens with two attached hydrogens (primary N) is 1. The van der Waals surface area contributed by atoms with Crippen LogP contribution in [0.4, 0.5) is 5.82 Å². The monoisotopic (exact) mass is 417 g/mol. The van der Waals surface area contributed by atoms with Crippen LogP contribution < -0.4 is 10.6 Å². The third-order valence-electron chi connectivity index (χ3n) is 5.57. The van der Waals surface area contributed by atoms with Gasteiger partial charge in [0.1, 0.15) is 12.1 Å². The molecule has 0 unspecified atom stereocenters. The number of hydrogen-bond acceptors (Lipinski definition) is 6. The number of aryl methyl sites for hydroxylation is 1. The first-order valence-electron chi connectivity index (χ1n) is 8.93. The first-order chi connectivity index (χ1) is 12.1. The van der Waals surface area contributed by atoms with Gasteiger partial charge in [0.15, 0.2) is 5.65 Å². The largest absolute Gasteiger partial charge is 0.352 e. The average Bonchev–Trinajstić information content (AvgIpc) is 3.05. The number of hydrogen-bond donors (Lipinski definition) is 1. The SMILES string of the molecule is CCC(CC)(CN)C(=O)N1CCN(c2ncnc3c2cnn3C)CC1.Cl.Cl. The number of rotatable bonds is 5. The Balaban J connectivity index is 0.00000182. The van der Waals surface area contributed by atoms with E-state index in [2.05, 4.69) is 20.0 Å². The molecular weight excluding hydrogens is 389 g/mol. The van der Waals surface area contributed by atoms with Gasteiger partial charge in [0.25, 0.3) is 0 Å². The van der Waals surface area contributed by atoms with E-state index in [-0.39, 0.29) is 30.7 Å². The Morgan fingerprint density at radius 3 is 2.33 bits per heavy atom.